The molecule has 1 nitrogen and oxygen atoms in total. The van der Waals surface area contributed by atoms with Gasteiger partial charge in [-0.3, -0.25) is 0 Å². The maximum Gasteiger partial charge on any atom is 0.119 e. The molecule has 0 amide bonds. The van der Waals surface area contributed by atoms with E-state index >= 15 is 0 Å². The van der Waals surface area contributed by atoms with Crippen molar-refractivity contribution in [1.29, 1.82) is 0 Å². The number of hydrogen-bond acceptors (Lipinski definition) is 1. The summed E-state index contributed by atoms with van der Waals surface area (Å²) in [5.74, 6) is 0.891. The Kier molecular flexibility index (Phi) is 3.26. The number of benzene rings is 1. The van der Waals surface area contributed by atoms with Crippen molar-refractivity contribution in [3.05, 3.63) is 42.5 Å². The maximum atomic E-state index is 5.34. The highest BCUT2D eigenvalue weighted by atomic mass is 16.5. The Morgan fingerprint density at radius 3 is 2.82 bits per heavy atom. The van der Waals surface area contributed by atoms with Crippen LogP contribution in [0.4, 0.5) is 0 Å². The van der Waals surface area contributed by atoms with E-state index in [4.69, 9.17) is 4.74 Å². The molecule has 0 atom stereocenters. The first-order valence-corrected chi connectivity index (χ1v) is 3.63. The van der Waals surface area contributed by atoms with E-state index in [9.17, 15) is 0 Å². The van der Waals surface area contributed by atoms with Crippen LogP contribution in [0.15, 0.2) is 36.4 Å². The fraction of sp³-hybridized carbons (Fsp3) is 0.200. The molecular formula is C10H11O. The molecule has 0 aliphatic heterocycles. The van der Waals surface area contributed by atoms with E-state index < -0.39 is 0 Å². The smallest absolute Gasteiger partial charge is 0.119 e. The molecule has 0 aromatic heterocycles. The lowest BCUT2D eigenvalue weighted by Gasteiger charge is -2.00. The minimum atomic E-state index is 0.639. The quantitative estimate of drug-likeness (QED) is 0.597. The van der Waals surface area contributed by atoms with Crippen LogP contribution >= 0.6 is 0 Å². The van der Waals surface area contributed by atoms with Crippen LogP contribution in [0.25, 0.3) is 0 Å². The normalized spacial score (nSPS) is 10.3. The van der Waals surface area contributed by atoms with Crippen LogP contribution in [0, 0.1) is 6.07 Å². The van der Waals surface area contributed by atoms with Crippen LogP contribution in [-0.2, 0) is 0 Å². The fourth-order valence-electron chi connectivity index (χ4n) is 0.708. The van der Waals surface area contributed by atoms with E-state index in [1.807, 2.05) is 43.3 Å². The molecule has 1 heteroatoms. The standard InChI is InChI=1S/C10H11O/c1-2-3-9-11-10-7-5-4-6-8-10/h2-3,5-8H,9H2,1H3. The number of ether oxygens (including phenoxy) is 1. The molecule has 0 unspecified atom stereocenters. The van der Waals surface area contributed by atoms with Gasteiger partial charge in [0.15, 0.2) is 0 Å². The van der Waals surface area contributed by atoms with Gasteiger partial charge in [-0.2, -0.15) is 0 Å². The molecule has 0 saturated heterocycles. The molecule has 0 spiro atoms. The van der Waals surface area contributed by atoms with Crippen molar-refractivity contribution in [3.63, 3.8) is 0 Å². The topological polar surface area (TPSA) is 9.23 Å². The molecule has 1 radical (unpaired) electrons. The third-order valence-corrected chi connectivity index (χ3v) is 1.27. The summed E-state index contributed by atoms with van der Waals surface area (Å²) in [5.41, 5.74) is 0. The van der Waals surface area contributed by atoms with Gasteiger partial charge in [0.2, 0.25) is 0 Å². The summed E-state index contributed by atoms with van der Waals surface area (Å²) in [4.78, 5) is 0. The van der Waals surface area contributed by atoms with Crippen molar-refractivity contribution in [3.8, 4) is 5.75 Å². The molecule has 0 aliphatic carbocycles. The summed E-state index contributed by atoms with van der Waals surface area (Å²) >= 11 is 0. The minimum absolute atomic E-state index is 0.639. The Morgan fingerprint density at radius 2 is 2.18 bits per heavy atom. The summed E-state index contributed by atoms with van der Waals surface area (Å²) in [5, 5.41) is 0. The van der Waals surface area contributed by atoms with E-state index in [0.29, 0.717) is 6.61 Å². The lowest BCUT2D eigenvalue weighted by atomic mass is 10.3. The molecular weight excluding hydrogens is 136 g/mol. The first-order valence-electron chi connectivity index (χ1n) is 3.63. The molecule has 0 heterocycles. The average Bonchev–Trinajstić information content (AvgIpc) is 2.07. The Labute approximate surface area is 67.3 Å². The zero-order chi connectivity index (χ0) is 7.94. The Bertz CT molecular complexity index is 214. The van der Waals surface area contributed by atoms with Gasteiger partial charge in [0, 0.05) is 0 Å². The van der Waals surface area contributed by atoms with Crippen molar-refractivity contribution in [1.82, 2.24) is 0 Å². The van der Waals surface area contributed by atoms with Gasteiger partial charge in [-0.15, -0.1) is 0 Å². The fourth-order valence-corrected chi connectivity index (χ4v) is 0.708. The molecule has 0 saturated carbocycles. The highest BCUT2D eigenvalue weighted by Crippen LogP contribution is 2.07. The molecule has 1 aromatic carbocycles. The molecule has 0 N–H and O–H groups in total. The molecule has 11 heavy (non-hydrogen) atoms. The average molecular weight is 147 g/mol. The number of hydrogen-bond donors (Lipinski definition) is 0. The van der Waals surface area contributed by atoms with Gasteiger partial charge in [0.05, 0.1) is 0 Å². The largest absolute Gasteiger partial charge is 0.490 e. The molecule has 0 fully saturated rings. The third-order valence-electron chi connectivity index (χ3n) is 1.27. The van der Waals surface area contributed by atoms with Gasteiger partial charge in [-0.05, 0) is 25.1 Å². The zero-order valence-corrected chi connectivity index (χ0v) is 6.58. The predicted molar refractivity (Wildman–Crippen MR) is 45.6 cm³/mol. The molecule has 1 rings (SSSR count). The third kappa shape index (κ3) is 2.89. The van der Waals surface area contributed by atoms with Gasteiger partial charge < -0.3 is 4.74 Å². The second-order valence-electron chi connectivity index (χ2n) is 2.12. The van der Waals surface area contributed by atoms with Crippen LogP contribution in [-0.4, -0.2) is 6.61 Å². The van der Waals surface area contributed by atoms with E-state index in [-0.39, 0.29) is 0 Å². The van der Waals surface area contributed by atoms with Gasteiger partial charge >= 0.3 is 0 Å². The Balaban J connectivity index is 2.39. The van der Waals surface area contributed by atoms with Gasteiger partial charge in [0.1, 0.15) is 12.4 Å². The van der Waals surface area contributed by atoms with Crippen LogP contribution in [0.2, 0.25) is 0 Å². The summed E-state index contributed by atoms with van der Waals surface area (Å²) < 4.78 is 5.34. The maximum absolute atomic E-state index is 5.34. The van der Waals surface area contributed by atoms with Gasteiger partial charge in [-0.1, -0.05) is 24.3 Å². The van der Waals surface area contributed by atoms with Crippen molar-refractivity contribution in [2.45, 2.75) is 6.92 Å². The van der Waals surface area contributed by atoms with Crippen LogP contribution in [0.5, 0.6) is 5.75 Å². The molecule has 57 valence electrons. The first-order chi connectivity index (χ1) is 5.43. The van der Waals surface area contributed by atoms with Crippen molar-refractivity contribution < 1.29 is 4.74 Å². The van der Waals surface area contributed by atoms with Crippen molar-refractivity contribution >= 4 is 0 Å². The van der Waals surface area contributed by atoms with Crippen molar-refractivity contribution in [2.24, 2.45) is 0 Å². The first kappa shape index (κ1) is 7.86. The molecule has 1 aromatic rings. The SMILES string of the molecule is CC=CCOc1cc[c]cc1. The zero-order valence-electron chi connectivity index (χ0n) is 6.58. The number of allylic oxidation sites excluding steroid dienone is 1. The van der Waals surface area contributed by atoms with Gasteiger partial charge in [-0.25, -0.2) is 0 Å². The van der Waals surface area contributed by atoms with Crippen molar-refractivity contribution in [2.75, 3.05) is 6.61 Å². The monoisotopic (exact) mass is 147 g/mol. The summed E-state index contributed by atoms with van der Waals surface area (Å²) in [6, 6.07) is 10.4. The highest BCUT2D eigenvalue weighted by Gasteiger charge is 1.85. The predicted octanol–water partition coefficient (Wildman–Crippen LogP) is 2.44. The second kappa shape index (κ2) is 4.56. The van der Waals surface area contributed by atoms with E-state index in [0.717, 1.165) is 5.75 Å². The Morgan fingerprint density at radius 1 is 1.45 bits per heavy atom. The number of rotatable bonds is 3. The van der Waals surface area contributed by atoms with E-state index in [2.05, 4.69) is 6.07 Å². The minimum Gasteiger partial charge on any atom is -0.490 e. The second-order valence-corrected chi connectivity index (χ2v) is 2.12. The van der Waals surface area contributed by atoms with Gasteiger partial charge in [0.25, 0.3) is 0 Å². The summed E-state index contributed by atoms with van der Waals surface area (Å²) in [7, 11) is 0. The molecule has 0 aliphatic rings. The highest BCUT2D eigenvalue weighted by molar-refractivity contribution is 5.20. The van der Waals surface area contributed by atoms with Crippen LogP contribution in [0.3, 0.4) is 0 Å². The van der Waals surface area contributed by atoms with Crippen LogP contribution < -0.4 is 4.74 Å². The lowest BCUT2D eigenvalue weighted by molar-refractivity contribution is 0.362. The van der Waals surface area contributed by atoms with E-state index in [1.54, 1.807) is 0 Å². The summed E-state index contributed by atoms with van der Waals surface area (Å²) in [6.07, 6.45) is 3.94. The van der Waals surface area contributed by atoms with Crippen LogP contribution in [0.1, 0.15) is 6.92 Å². The Hall–Kier alpha value is -1.24. The lowest BCUT2D eigenvalue weighted by Crippen LogP contribution is -1.91. The molecule has 0 bridgehead atoms. The summed E-state index contributed by atoms with van der Waals surface area (Å²) in [6.45, 7) is 2.61. The van der Waals surface area contributed by atoms with E-state index in [1.165, 1.54) is 0 Å².